The monoisotopic (exact) mass is 432 g/mol. The second kappa shape index (κ2) is 7.30. The summed E-state index contributed by atoms with van der Waals surface area (Å²) in [5.41, 5.74) is 2.81. The highest BCUT2D eigenvalue weighted by Crippen LogP contribution is 2.41. The summed E-state index contributed by atoms with van der Waals surface area (Å²) in [6, 6.07) is 1.73. The Hall–Kier alpha value is -2.00. The van der Waals surface area contributed by atoms with Gasteiger partial charge in [0.15, 0.2) is 15.5 Å². The van der Waals surface area contributed by atoms with Crippen molar-refractivity contribution in [2.45, 2.75) is 76.0 Å². The maximum absolute atomic E-state index is 13.3. The van der Waals surface area contributed by atoms with Gasteiger partial charge in [0.05, 0.1) is 40.3 Å². The van der Waals surface area contributed by atoms with Gasteiger partial charge in [-0.3, -0.25) is 4.79 Å². The second-order valence-electron chi connectivity index (χ2n) is 9.13. The lowest BCUT2D eigenvalue weighted by Crippen LogP contribution is -2.38. The number of aliphatic hydroxyl groups is 1. The van der Waals surface area contributed by atoms with E-state index >= 15 is 0 Å². The number of carbonyl (C=O) groups excluding carboxylic acids is 1. The minimum absolute atomic E-state index is 0.0591. The Morgan fingerprint density at radius 1 is 1.17 bits per heavy atom. The first-order valence-electron chi connectivity index (χ1n) is 10.9. The van der Waals surface area contributed by atoms with E-state index in [9.17, 15) is 18.3 Å². The average Bonchev–Trinajstić information content (AvgIpc) is 3.42. The average molecular weight is 433 g/mol. The van der Waals surface area contributed by atoms with E-state index in [1.807, 2.05) is 13.0 Å². The molecule has 2 aliphatic carbocycles. The number of aliphatic hydroxyl groups excluding tert-OH is 1. The summed E-state index contributed by atoms with van der Waals surface area (Å²) in [5.74, 6) is 0.472. The van der Waals surface area contributed by atoms with Gasteiger partial charge in [0.25, 0.3) is 5.91 Å². The molecule has 0 bridgehead atoms. The third kappa shape index (κ3) is 3.73. The van der Waals surface area contributed by atoms with Crippen molar-refractivity contribution in [2.24, 2.45) is 0 Å². The molecule has 2 aromatic rings. The number of fused-ring (bicyclic) bond motifs is 1. The molecule has 3 aliphatic rings. The van der Waals surface area contributed by atoms with Crippen LogP contribution in [-0.4, -0.2) is 57.8 Å². The fourth-order valence-corrected chi connectivity index (χ4v) is 6.50. The summed E-state index contributed by atoms with van der Waals surface area (Å²) in [6.45, 7) is 1.86. The minimum Gasteiger partial charge on any atom is -0.393 e. The van der Waals surface area contributed by atoms with Crippen molar-refractivity contribution in [3.63, 3.8) is 0 Å². The van der Waals surface area contributed by atoms with Crippen LogP contribution >= 0.6 is 0 Å². The number of pyridine rings is 1. The number of amides is 1. The topological polar surface area (TPSA) is 114 Å². The Labute approximate surface area is 176 Å². The third-order valence-corrected chi connectivity index (χ3v) is 8.43. The standard InChI is InChI=1S/C21H28N4O4S/c1-12-19-17(21(27)22-14-4-6-16(26)7-5-14)10-18(13-2-3-13)23-20(19)25(24-12)15-8-9-30(28,29)11-15/h10,13-16,26H,2-9,11H2,1H3,(H,22,27)/t14?,15-,16?/m0/s1. The van der Waals surface area contributed by atoms with E-state index in [1.165, 1.54) is 0 Å². The molecule has 3 heterocycles. The molecule has 2 saturated carbocycles. The highest BCUT2D eigenvalue weighted by Gasteiger charge is 2.34. The van der Waals surface area contributed by atoms with Crippen LogP contribution in [0.1, 0.15) is 78.7 Å². The van der Waals surface area contributed by atoms with Crippen molar-refractivity contribution in [2.75, 3.05) is 11.5 Å². The van der Waals surface area contributed by atoms with E-state index in [2.05, 4.69) is 10.4 Å². The summed E-state index contributed by atoms with van der Waals surface area (Å²) >= 11 is 0. The number of nitrogens with zero attached hydrogens (tertiary/aromatic N) is 3. The molecule has 30 heavy (non-hydrogen) atoms. The lowest BCUT2D eigenvalue weighted by molar-refractivity contribution is 0.0869. The SMILES string of the molecule is Cc1nn([C@H]2CCS(=O)(=O)C2)c2nc(C3CC3)cc(C(=O)NC3CCC(O)CC3)c12. The van der Waals surface area contributed by atoms with E-state index in [-0.39, 0.29) is 35.6 Å². The molecule has 1 aliphatic heterocycles. The third-order valence-electron chi connectivity index (χ3n) is 6.68. The highest BCUT2D eigenvalue weighted by molar-refractivity contribution is 7.91. The van der Waals surface area contributed by atoms with Crippen molar-refractivity contribution in [1.29, 1.82) is 0 Å². The molecular weight excluding hydrogens is 404 g/mol. The van der Waals surface area contributed by atoms with Crippen LogP contribution in [0.25, 0.3) is 11.0 Å². The number of carbonyl (C=O) groups is 1. The molecule has 2 N–H and O–H groups in total. The molecule has 0 spiro atoms. The molecule has 162 valence electrons. The molecule has 0 aromatic carbocycles. The fraction of sp³-hybridized carbons (Fsp3) is 0.667. The summed E-state index contributed by atoms with van der Waals surface area (Å²) in [6.07, 6.45) is 5.34. The molecule has 1 atom stereocenters. The number of aryl methyl sites for hydroxylation is 1. The van der Waals surface area contributed by atoms with Gasteiger partial charge in [-0.05, 0) is 57.9 Å². The zero-order valence-corrected chi connectivity index (χ0v) is 18.0. The van der Waals surface area contributed by atoms with Crippen molar-refractivity contribution in [3.05, 3.63) is 23.0 Å². The van der Waals surface area contributed by atoms with E-state index < -0.39 is 9.84 Å². The lowest BCUT2D eigenvalue weighted by atomic mass is 9.93. The molecule has 1 amide bonds. The van der Waals surface area contributed by atoms with Gasteiger partial charge in [0.1, 0.15) is 0 Å². The van der Waals surface area contributed by atoms with Crippen LogP contribution in [0.4, 0.5) is 0 Å². The van der Waals surface area contributed by atoms with Crippen LogP contribution in [0, 0.1) is 6.92 Å². The van der Waals surface area contributed by atoms with Crippen LogP contribution in [0.5, 0.6) is 0 Å². The number of hydrogen-bond donors (Lipinski definition) is 2. The molecule has 3 fully saturated rings. The Balaban J connectivity index is 1.53. The predicted molar refractivity (Wildman–Crippen MR) is 112 cm³/mol. The first-order valence-corrected chi connectivity index (χ1v) is 12.7. The van der Waals surface area contributed by atoms with Crippen LogP contribution in [0.3, 0.4) is 0 Å². The maximum Gasteiger partial charge on any atom is 0.252 e. The van der Waals surface area contributed by atoms with E-state index in [1.54, 1.807) is 4.68 Å². The smallest absolute Gasteiger partial charge is 0.252 e. The van der Waals surface area contributed by atoms with Crippen LogP contribution in [-0.2, 0) is 9.84 Å². The molecular formula is C21H28N4O4S. The first-order chi connectivity index (χ1) is 14.3. The fourth-order valence-electron chi connectivity index (χ4n) is 4.81. The Kier molecular flexibility index (Phi) is 4.85. The molecule has 1 saturated heterocycles. The Morgan fingerprint density at radius 3 is 2.53 bits per heavy atom. The predicted octanol–water partition coefficient (Wildman–Crippen LogP) is 2.01. The molecule has 8 nitrogen and oxygen atoms in total. The van der Waals surface area contributed by atoms with E-state index in [0.717, 1.165) is 36.8 Å². The number of nitrogens with one attached hydrogen (secondary N) is 1. The number of hydrogen-bond acceptors (Lipinski definition) is 6. The van der Waals surface area contributed by atoms with Gasteiger partial charge < -0.3 is 10.4 Å². The van der Waals surface area contributed by atoms with Crippen molar-refractivity contribution < 1.29 is 18.3 Å². The molecule has 0 radical (unpaired) electrons. The number of rotatable bonds is 4. The van der Waals surface area contributed by atoms with Crippen molar-refractivity contribution >= 4 is 26.8 Å². The zero-order chi connectivity index (χ0) is 21.0. The molecule has 9 heteroatoms. The van der Waals surface area contributed by atoms with Crippen molar-refractivity contribution in [1.82, 2.24) is 20.1 Å². The van der Waals surface area contributed by atoms with Gasteiger partial charge in [0, 0.05) is 17.7 Å². The quantitative estimate of drug-likeness (QED) is 0.764. The van der Waals surface area contributed by atoms with Crippen molar-refractivity contribution in [3.8, 4) is 0 Å². The lowest BCUT2D eigenvalue weighted by Gasteiger charge is -2.26. The second-order valence-corrected chi connectivity index (χ2v) is 11.4. The van der Waals surface area contributed by atoms with E-state index in [4.69, 9.17) is 4.98 Å². The zero-order valence-electron chi connectivity index (χ0n) is 17.2. The van der Waals surface area contributed by atoms with Crippen LogP contribution < -0.4 is 5.32 Å². The number of aromatic nitrogens is 3. The summed E-state index contributed by atoms with van der Waals surface area (Å²) in [4.78, 5) is 18.1. The van der Waals surface area contributed by atoms with Crippen LogP contribution in [0.2, 0.25) is 0 Å². The van der Waals surface area contributed by atoms with E-state index in [0.29, 0.717) is 42.1 Å². The first kappa shape index (κ1) is 19.9. The summed E-state index contributed by atoms with van der Waals surface area (Å²) in [7, 11) is -3.06. The van der Waals surface area contributed by atoms with Gasteiger partial charge in [-0.15, -0.1) is 0 Å². The van der Waals surface area contributed by atoms with Gasteiger partial charge in [-0.25, -0.2) is 18.1 Å². The Morgan fingerprint density at radius 2 is 1.90 bits per heavy atom. The maximum atomic E-state index is 13.3. The highest BCUT2D eigenvalue weighted by atomic mass is 32.2. The van der Waals surface area contributed by atoms with Gasteiger partial charge in [0.2, 0.25) is 0 Å². The van der Waals surface area contributed by atoms with Gasteiger partial charge >= 0.3 is 0 Å². The molecule has 5 rings (SSSR count). The van der Waals surface area contributed by atoms with Crippen LogP contribution in [0.15, 0.2) is 6.07 Å². The Bertz CT molecular complexity index is 1100. The normalized spacial score (nSPS) is 28.7. The number of sulfone groups is 1. The largest absolute Gasteiger partial charge is 0.393 e. The summed E-state index contributed by atoms with van der Waals surface area (Å²) < 4.78 is 25.8. The van der Waals surface area contributed by atoms with Gasteiger partial charge in [-0.2, -0.15) is 5.10 Å². The molecule has 0 unspecified atom stereocenters. The summed E-state index contributed by atoms with van der Waals surface area (Å²) in [5, 5.41) is 18.2. The molecule has 2 aromatic heterocycles. The minimum atomic E-state index is -3.06. The van der Waals surface area contributed by atoms with Gasteiger partial charge in [-0.1, -0.05) is 0 Å².